The molecular weight excluding hydrogens is 336 g/mol. The third-order valence-electron chi connectivity index (χ3n) is 4.82. The monoisotopic (exact) mass is 366 g/mol. The van der Waals surface area contributed by atoms with Crippen molar-refractivity contribution in [1.29, 1.82) is 0 Å². The Morgan fingerprint density at radius 1 is 1.16 bits per heavy atom. The van der Waals surface area contributed by atoms with Gasteiger partial charge < -0.3 is 19.3 Å². The zero-order valence-electron chi connectivity index (χ0n) is 16.2. The van der Waals surface area contributed by atoms with Crippen molar-refractivity contribution in [1.82, 2.24) is 0 Å². The van der Waals surface area contributed by atoms with E-state index >= 15 is 0 Å². The lowest BCUT2D eigenvalue weighted by Gasteiger charge is -2.26. The van der Waals surface area contributed by atoms with Crippen molar-refractivity contribution >= 4 is 11.8 Å². The number of fused-ring (bicyclic) bond motifs is 1. The second kappa shape index (κ2) is 6.54. The maximum atomic E-state index is 10.1. The van der Waals surface area contributed by atoms with Gasteiger partial charge in [-0.15, -0.1) is 0 Å². The predicted molar refractivity (Wildman–Crippen MR) is 99.9 cm³/mol. The van der Waals surface area contributed by atoms with Crippen LogP contribution in [0.15, 0.2) is 23.1 Å². The summed E-state index contributed by atoms with van der Waals surface area (Å²) in [4.78, 5) is 1.19. The Kier molecular flexibility index (Phi) is 5.01. The van der Waals surface area contributed by atoms with E-state index < -0.39 is 11.9 Å². The summed E-state index contributed by atoms with van der Waals surface area (Å²) < 4.78 is 18.2. The Bertz CT molecular complexity index is 635. The van der Waals surface area contributed by atoms with Crippen LogP contribution in [0, 0.1) is 6.92 Å². The van der Waals surface area contributed by atoms with E-state index in [1.807, 2.05) is 13.8 Å². The molecule has 3 rings (SSSR count). The van der Waals surface area contributed by atoms with Crippen LogP contribution in [0.2, 0.25) is 0 Å². The molecular formula is C20H30O4S. The molecule has 2 aliphatic rings. The summed E-state index contributed by atoms with van der Waals surface area (Å²) in [6.45, 7) is 14.3. The number of hydrogen-bond donors (Lipinski definition) is 1. The summed E-state index contributed by atoms with van der Waals surface area (Å²) in [6.07, 6.45) is -1.39. The van der Waals surface area contributed by atoms with Gasteiger partial charge in [-0.2, -0.15) is 0 Å². The molecule has 140 valence electrons. The van der Waals surface area contributed by atoms with Crippen LogP contribution < -0.4 is 0 Å². The summed E-state index contributed by atoms with van der Waals surface area (Å²) >= 11 is 1.67. The SMILES string of the molecule is Cc1ccc(C(C)(C)C)cc1S[C@@H]1O[C@H]([C@@H](C)O)[C@H]2OC(C)(C)O[C@H]21. The summed E-state index contributed by atoms with van der Waals surface area (Å²) in [5.74, 6) is -0.645. The quantitative estimate of drug-likeness (QED) is 0.876. The molecule has 2 heterocycles. The fraction of sp³-hybridized carbons (Fsp3) is 0.700. The molecule has 5 atom stereocenters. The lowest BCUT2D eigenvalue weighted by molar-refractivity contribution is -0.186. The van der Waals surface area contributed by atoms with Crippen LogP contribution >= 0.6 is 11.8 Å². The Balaban J connectivity index is 1.85. The van der Waals surface area contributed by atoms with E-state index in [9.17, 15) is 5.11 Å². The van der Waals surface area contributed by atoms with Gasteiger partial charge in [-0.25, -0.2) is 0 Å². The number of thioether (sulfide) groups is 1. The lowest BCUT2D eigenvalue weighted by Crippen LogP contribution is -2.36. The summed E-state index contributed by atoms with van der Waals surface area (Å²) in [6, 6.07) is 6.60. The smallest absolute Gasteiger partial charge is 0.164 e. The highest BCUT2D eigenvalue weighted by atomic mass is 32.2. The van der Waals surface area contributed by atoms with Crippen molar-refractivity contribution in [2.45, 2.75) is 94.4 Å². The summed E-state index contributed by atoms with van der Waals surface area (Å²) in [5.41, 5.74) is 2.42. The maximum absolute atomic E-state index is 10.1. The van der Waals surface area contributed by atoms with Crippen molar-refractivity contribution in [2.24, 2.45) is 0 Å². The number of benzene rings is 1. The molecule has 0 amide bonds. The van der Waals surface area contributed by atoms with Crippen molar-refractivity contribution in [3.05, 3.63) is 29.3 Å². The van der Waals surface area contributed by atoms with E-state index in [1.54, 1.807) is 18.7 Å². The predicted octanol–water partition coefficient (Wildman–Crippen LogP) is 4.01. The van der Waals surface area contributed by atoms with E-state index in [0.717, 1.165) is 0 Å². The minimum Gasteiger partial charge on any atom is -0.391 e. The third-order valence-corrected chi connectivity index (χ3v) is 6.13. The Morgan fingerprint density at radius 2 is 1.80 bits per heavy atom. The van der Waals surface area contributed by atoms with E-state index in [0.29, 0.717) is 0 Å². The van der Waals surface area contributed by atoms with Crippen molar-refractivity contribution in [3.8, 4) is 0 Å². The second-order valence-corrected chi connectivity index (χ2v) is 9.76. The summed E-state index contributed by atoms with van der Waals surface area (Å²) in [7, 11) is 0. The molecule has 0 spiro atoms. The number of ether oxygens (including phenoxy) is 3. The fourth-order valence-corrected chi connectivity index (χ4v) is 4.62. The van der Waals surface area contributed by atoms with Gasteiger partial charge in [0, 0.05) is 4.90 Å². The number of aliphatic hydroxyl groups excluding tert-OH is 1. The molecule has 1 aromatic rings. The summed E-state index contributed by atoms with van der Waals surface area (Å²) in [5, 5.41) is 10.1. The lowest BCUT2D eigenvalue weighted by atomic mass is 9.87. The van der Waals surface area contributed by atoms with Crippen molar-refractivity contribution in [2.75, 3.05) is 0 Å². The van der Waals surface area contributed by atoms with Crippen LogP contribution in [0.25, 0.3) is 0 Å². The third kappa shape index (κ3) is 3.91. The Labute approximate surface area is 155 Å². The molecule has 1 aromatic carbocycles. The normalized spacial score (nSPS) is 32.6. The van der Waals surface area contributed by atoms with Crippen LogP contribution in [0.1, 0.15) is 52.7 Å². The van der Waals surface area contributed by atoms with Gasteiger partial charge in [0.25, 0.3) is 0 Å². The molecule has 1 N–H and O–H groups in total. The Morgan fingerprint density at radius 3 is 2.40 bits per heavy atom. The fourth-order valence-electron chi connectivity index (χ4n) is 3.39. The highest BCUT2D eigenvalue weighted by Gasteiger charge is 2.56. The minimum atomic E-state index is -0.645. The number of hydrogen-bond acceptors (Lipinski definition) is 5. The standard InChI is InChI=1S/C20H30O4S/c1-11-8-9-13(19(3,4)5)10-14(11)25-18-17-16(15(22-18)12(2)21)23-20(6,7)24-17/h8-10,12,15-18,21H,1-7H3/t12-,15-,16-,17-,18+/m1/s1. The van der Waals surface area contributed by atoms with Gasteiger partial charge in [-0.1, -0.05) is 44.7 Å². The van der Waals surface area contributed by atoms with E-state index in [-0.39, 0.29) is 29.2 Å². The number of aliphatic hydroxyl groups is 1. The molecule has 2 saturated heterocycles. The number of aryl methyl sites for hydroxylation is 1. The first-order chi connectivity index (χ1) is 11.5. The van der Waals surface area contributed by atoms with Gasteiger partial charge in [0.05, 0.1) is 6.10 Å². The zero-order chi connectivity index (χ0) is 18.6. The van der Waals surface area contributed by atoms with Gasteiger partial charge in [-0.05, 0) is 50.3 Å². The van der Waals surface area contributed by atoms with Crippen LogP contribution in [-0.2, 0) is 19.6 Å². The first kappa shape index (κ1) is 19.2. The molecule has 0 bridgehead atoms. The molecule has 4 nitrogen and oxygen atoms in total. The van der Waals surface area contributed by atoms with Gasteiger partial charge >= 0.3 is 0 Å². The topological polar surface area (TPSA) is 47.9 Å². The Hall–Kier alpha value is -0.590. The molecule has 2 fully saturated rings. The van der Waals surface area contributed by atoms with E-state index in [4.69, 9.17) is 14.2 Å². The average Bonchev–Trinajstić information content (AvgIpc) is 2.94. The van der Waals surface area contributed by atoms with E-state index in [2.05, 4.69) is 45.9 Å². The molecule has 0 unspecified atom stereocenters. The van der Waals surface area contributed by atoms with Gasteiger partial charge in [0.1, 0.15) is 23.7 Å². The van der Waals surface area contributed by atoms with Crippen LogP contribution in [-0.4, -0.2) is 40.7 Å². The molecule has 0 aromatic heterocycles. The van der Waals surface area contributed by atoms with Crippen LogP contribution in [0.4, 0.5) is 0 Å². The average molecular weight is 367 g/mol. The largest absolute Gasteiger partial charge is 0.391 e. The number of rotatable bonds is 3. The van der Waals surface area contributed by atoms with Gasteiger partial charge in [-0.3, -0.25) is 0 Å². The van der Waals surface area contributed by atoms with Crippen molar-refractivity contribution in [3.63, 3.8) is 0 Å². The molecule has 2 aliphatic heterocycles. The van der Waals surface area contributed by atoms with Gasteiger partial charge in [0.15, 0.2) is 5.79 Å². The minimum absolute atomic E-state index is 0.0964. The first-order valence-corrected chi connectivity index (χ1v) is 9.83. The maximum Gasteiger partial charge on any atom is 0.164 e. The zero-order valence-corrected chi connectivity index (χ0v) is 17.0. The molecule has 0 aliphatic carbocycles. The van der Waals surface area contributed by atoms with Crippen molar-refractivity contribution < 1.29 is 19.3 Å². The van der Waals surface area contributed by atoms with E-state index in [1.165, 1.54) is 16.0 Å². The first-order valence-electron chi connectivity index (χ1n) is 8.95. The molecule has 0 saturated carbocycles. The molecule has 0 radical (unpaired) electrons. The second-order valence-electron chi connectivity index (χ2n) is 8.62. The highest BCUT2D eigenvalue weighted by Crippen LogP contribution is 2.45. The van der Waals surface area contributed by atoms with Gasteiger partial charge in [0.2, 0.25) is 0 Å². The highest BCUT2D eigenvalue weighted by molar-refractivity contribution is 7.99. The molecule has 5 heteroatoms. The van der Waals surface area contributed by atoms with Crippen LogP contribution in [0.3, 0.4) is 0 Å². The van der Waals surface area contributed by atoms with Crippen LogP contribution in [0.5, 0.6) is 0 Å². The molecule has 25 heavy (non-hydrogen) atoms.